The van der Waals surface area contributed by atoms with Gasteiger partial charge in [-0.25, -0.2) is 4.39 Å². The Morgan fingerprint density at radius 2 is 1.75 bits per heavy atom. The number of hydrogen-bond donors (Lipinski definition) is 3. The van der Waals surface area contributed by atoms with Crippen LogP contribution in [0.1, 0.15) is 56.2 Å². The average Bonchev–Trinajstić information content (AvgIpc) is 2.80. The maximum atomic E-state index is 13.2. The van der Waals surface area contributed by atoms with Crippen LogP contribution in [0.25, 0.3) is 0 Å². The van der Waals surface area contributed by atoms with Gasteiger partial charge < -0.3 is 25.0 Å². The lowest BCUT2D eigenvalue weighted by atomic mass is 9.94. The van der Waals surface area contributed by atoms with Crippen LogP contribution in [-0.4, -0.2) is 53.4 Å². The van der Waals surface area contributed by atoms with E-state index in [1.165, 1.54) is 23.3 Å². The van der Waals surface area contributed by atoms with Gasteiger partial charge in [0.15, 0.2) is 0 Å². The van der Waals surface area contributed by atoms with Gasteiger partial charge in [-0.3, -0.25) is 0 Å². The van der Waals surface area contributed by atoms with Crippen LogP contribution in [0.2, 0.25) is 0 Å². The summed E-state index contributed by atoms with van der Waals surface area (Å²) in [5.74, 6) is -0.225. The lowest BCUT2D eigenvalue weighted by Gasteiger charge is -2.36. The zero-order valence-electron chi connectivity index (χ0n) is 19.0. The SMILES string of the molecule is CCC(c1ccc(CCCCC2CC(O)[C@H](O)C(CO)O2)cc1)N(C)c1ccc(F)cc1. The summed E-state index contributed by atoms with van der Waals surface area (Å²) in [6, 6.07) is 15.5. The van der Waals surface area contributed by atoms with Crippen LogP contribution in [0.3, 0.4) is 0 Å². The maximum Gasteiger partial charge on any atom is 0.123 e. The molecule has 5 atom stereocenters. The van der Waals surface area contributed by atoms with Gasteiger partial charge in [0.2, 0.25) is 0 Å². The Balaban J connectivity index is 1.48. The Labute approximate surface area is 190 Å². The van der Waals surface area contributed by atoms with Crippen molar-refractivity contribution in [3.63, 3.8) is 0 Å². The van der Waals surface area contributed by atoms with Gasteiger partial charge >= 0.3 is 0 Å². The van der Waals surface area contributed by atoms with E-state index in [0.717, 1.165) is 37.8 Å². The number of unbranched alkanes of at least 4 members (excludes halogenated alkanes) is 1. The summed E-state index contributed by atoms with van der Waals surface area (Å²) >= 11 is 0. The molecule has 32 heavy (non-hydrogen) atoms. The first-order valence-corrected chi connectivity index (χ1v) is 11.6. The first-order chi connectivity index (χ1) is 15.4. The van der Waals surface area contributed by atoms with Crippen molar-refractivity contribution in [3.05, 3.63) is 65.5 Å². The molecular weight excluding hydrogens is 409 g/mol. The van der Waals surface area contributed by atoms with Crippen LogP contribution >= 0.6 is 0 Å². The van der Waals surface area contributed by atoms with Gasteiger partial charge in [0.05, 0.1) is 24.9 Å². The molecule has 0 saturated carbocycles. The fourth-order valence-corrected chi connectivity index (χ4v) is 4.57. The maximum absolute atomic E-state index is 13.2. The van der Waals surface area contributed by atoms with Crippen molar-refractivity contribution >= 4 is 5.69 Å². The van der Waals surface area contributed by atoms with E-state index in [1.54, 1.807) is 0 Å². The minimum Gasteiger partial charge on any atom is -0.394 e. The summed E-state index contributed by atoms with van der Waals surface area (Å²) in [7, 11) is 2.04. The molecule has 3 N–H and O–H groups in total. The number of hydrogen-bond acceptors (Lipinski definition) is 5. The van der Waals surface area contributed by atoms with E-state index in [0.29, 0.717) is 6.42 Å². The molecule has 1 aliphatic rings. The van der Waals surface area contributed by atoms with Gasteiger partial charge in [-0.1, -0.05) is 37.6 Å². The van der Waals surface area contributed by atoms with E-state index >= 15 is 0 Å². The zero-order chi connectivity index (χ0) is 23.1. The molecule has 0 bridgehead atoms. The fraction of sp³-hybridized carbons (Fsp3) is 0.538. The zero-order valence-corrected chi connectivity index (χ0v) is 19.0. The molecule has 5 nitrogen and oxygen atoms in total. The second-order valence-electron chi connectivity index (χ2n) is 8.77. The van der Waals surface area contributed by atoms with E-state index in [1.807, 2.05) is 19.2 Å². The summed E-state index contributed by atoms with van der Waals surface area (Å²) in [6.45, 7) is 1.87. The minimum absolute atomic E-state index is 0.125. The first-order valence-electron chi connectivity index (χ1n) is 11.6. The molecule has 1 fully saturated rings. The normalized spacial score (nSPS) is 24.3. The first kappa shape index (κ1) is 24.6. The quantitative estimate of drug-likeness (QED) is 0.482. The summed E-state index contributed by atoms with van der Waals surface area (Å²) < 4.78 is 18.9. The summed E-state index contributed by atoms with van der Waals surface area (Å²) in [6.07, 6.45) is 2.42. The lowest BCUT2D eigenvalue weighted by Crippen LogP contribution is -2.49. The Kier molecular flexibility index (Phi) is 9.05. The Bertz CT molecular complexity index is 814. The van der Waals surface area contributed by atoms with Crippen LogP contribution < -0.4 is 4.90 Å². The molecule has 1 saturated heterocycles. The van der Waals surface area contributed by atoms with Crippen LogP contribution in [0.15, 0.2) is 48.5 Å². The van der Waals surface area contributed by atoms with Crippen molar-refractivity contribution in [1.82, 2.24) is 0 Å². The topological polar surface area (TPSA) is 73.2 Å². The Morgan fingerprint density at radius 3 is 2.38 bits per heavy atom. The van der Waals surface area contributed by atoms with Gasteiger partial charge in [0.1, 0.15) is 18.0 Å². The molecule has 6 heteroatoms. The predicted octanol–water partition coefficient (Wildman–Crippen LogP) is 4.00. The summed E-state index contributed by atoms with van der Waals surface area (Å²) in [4.78, 5) is 2.18. The number of aliphatic hydroxyl groups excluding tert-OH is 3. The van der Waals surface area contributed by atoms with Crippen LogP contribution in [0, 0.1) is 5.82 Å². The van der Waals surface area contributed by atoms with Crippen LogP contribution in [-0.2, 0) is 11.2 Å². The second kappa shape index (κ2) is 11.8. The van der Waals surface area contributed by atoms with E-state index < -0.39 is 18.3 Å². The van der Waals surface area contributed by atoms with E-state index in [4.69, 9.17) is 4.74 Å². The fourth-order valence-electron chi connectivity index (χ4n) is 4.57. The number of aliphatic hydroxyl groups is 3. The van der Waals surface area contributed by atoms with Gasteiger partial charge in [-0.05, 0) is 61.1 Å². The van der Waals surface area contributed by atoms with Crippen molar-refractivity contribution in [3.8, 4) is 0 Å². The molecule has 176 valence electrons. The van der Waals surface area contributed by atoms with E-state index in [9.17, 15) is 19.7 Å². The molecule has 1 heterocycles. The summed E-state index contributed by atoms with van der Waals surface area (Å²) in [5, 5.41) is 29.0. The predicted molar refractivity (Wildman–Crippen MR) is 124 cm³/mol. The standard InChI is InChI=1S/C26H36FNO4/c1-3-23(28(2)21-14-12-20(27)13-15-21)19-10-8-18(9-11-19)6-4-5-7-22-16-24(30)26(31)25(17-29)32-22/h8-15,22-26,29-31H,3-7,16-17H2,1-2H3/t22?,23?,24?,25?,26-/m0/s1. The van der Waals surface area contributed by atoms with Gasteiger partial charge in [-0.15, -0.1) is 0 Å². The molecule has 1 aliphatic heterocycles. The molecule has 4 unspecified atom stereocenters. The number of nitrogens with zero attached hydrogens (tertiary/aromatic N) is 1. The molecule has 2 aromatic rings. The van der Waals surface area contributed by atoms with Gasteiger partial charge in [-0.2, -0.15) is 0 Å². The third-order valence-corrected chi connectivity index (χ3v) is 6.52. The molecule has 0 aliphatic carbocycles. The Morgan fingerprint density at radius 1 is 1.06 bits per heavy atom. The molecule has 0 aromatic heterocycles. The minimum atomic E-state index is -1.01. The van der Waals surface area contributed by atoms with E-state index in [2.05, 4.69) is 36.1 Å². The molecule has 0 radical (unpaired) electrons. The van der Waals surface area contributed by atoms with Crippen molar-refractivity contribution < 1.29 is 24.4 Å². The number of aryl methyl sites for hydroxylation is 1. The highest BCUT2D eigenvalue weighted by Gasteiger charge is 2.35. The number of halogens is 1. The third-order valence-electron chi connectivity index (χ3n) is 6.52. The number of anilines is 1. The smallest absolute Gasteiger partial charge is 0.123 e. The molecule has 0 spiro atoms. The van der Waals surface area contributed by atoms with Gasteiger partial charge in [0, 0.05) is 19.2 Å². The number of rotatable bonds is 10. The molecule has 2 aromatic carbocycles. The second-order valence-corrected chi connectivity index (χ2v) is 8.77. The third kappa shape index (κ3) is 6.29. The van der Waals surface area contributed by atoms with Crippen molar-refractivity contribution in [2.75, 3.05) is 18.6 Å². The molecular formula is C26H36FNO4. The van der Waals surface area contributed by atoms with Crippen molar-refractivity contribution in [2.45, 2.75) is 75.9 Å². The number of ether oxygens (including phenoxy) is 1. The van der Waals surface area contributed by atoms with Gasteiger partial charge in [0.25, 0.3) is 0 Å². The summed E-state index contributed by atoms with van der Waals surface area (Å²) in [5.41, 5.74) is 3.51. The number of benzene rings is 2. The highest BCUT2D eigenvalue weighted by atomic mass is 19.1. The van der Waals surface area contributed by atoms with E-state index in [-0.39, 0.29) is 24.6 Å². The van der Waals surface area contributed by atoms with Crippen molar-refractivity contribution in [1.29, 1.82) is 0 Å². The molecule has 0 amide bonds. The molecule has 3 rings (SSSR count). The van der Waals surface area contributed by atoms with Crippen LogP contribution in [0.4, 0.5) is 10.1 Å². The Hall–Kier alpha value is -1.99. The van der Waals surface area contributed by atoms with Crippen LogP contribution in [0.5, 0.6) is 0 Å². The monoisotopic (exact) mass is 445 g/mol. The highest BCUT2D eigenvalue weighted by Crippen LogP contribution is 2.29. The lowest BCUT2D eigenvalue weighted by molar-refractivity contribution is -0.181. The average molecular weight is 446 g/mol. The van der Waals surface area contributed by atoms with Crippen molar-refractivity contribution in [2.24, 2.45) is 0 Å². The highest BCUT2D eigenvalue weighted by molar-refractivity contribution is 5.48. The largest absolute Gasteiger partial charge is 0.394 e.